The van der Waals surface area contributed by atoms with Crippen LogP contribution in [0.1, 0.15) is 56.1 Å². The van der Waals surface area contributed by atoms with Gasteiger partial charge in [0, 0.05) is 37.0 Å². The fourth-order valence-corrected chi connectivity index (χ4v) is 6.41. The van der Waals surface area contributed by atoms with E-state index in [0.717, 1.165) is 36.8 Å². The molecule has 0 aromatic heterocycles. The molecule has 1 N–H and O–H groups in total. The maximum atomic E-state index is 13.9. The zero-order valence-corrected chi connectivity index (χ0v) is 23.4. The van der Waals surface area contributed by atoms with Gasteiger partial charge in [-0.25, -0.2) is 0 Å². The maximum Gasteiger partial charge on any atom is 0.243 e. The third-order valence-corrected chi connectivity index (χ3v) is 8.60. The molecule has 2 aromatic carbocycles. The van der Waals surface area contributed by atoms with Crippen molar-refractivity contribution in [3.63, 3.8) is 0 Å². The second kappa shape index (κ2) is 12.8. The third kappa shape index (κ3) is 6.47. The van der Waals surface area contributed by atoms with Crippen molar-refractivity contribution in [1.29, 1.82) is 0 Å². The van der Waals surface area contributed by atoms with E-state index in [4.69, 9.17) is 11.6 Å². The van der Waals surface area contributed by atoms with Crippen LogP contribution in [0, 0.1) is 11.8 Å². The number of allylic oxidation sites excluding steroid dienone is 2. The highest BCUT2D eigenvalue weighted by Crippen LogP contribution is 2.35. The van der Waals surface area contributed by atoms with Crippen molar-refractivity contribution < 1.29 is 19.2 Å². The summed E-state index contributed by atoms with van der Waals surface area (Å²) in [5.41, 5.74) is 1.75. The SMILES string of the molecule is O=C(NC1CCCC1)C(Cc1ccccc1)N(Cc1cccc(Cl)c1)C(=O)CCN1C(=O)[C@H]2CC=CC[C@H]2C1=O. The average molecular weight is 562 g/mol. The van der Waals surface area contributed by atoms with E-state index in [9.17, 15) is 19.2 Å². The fourth-order valence-electron chi connectivity index (χ4n) is 6.19. The molecule has 0 bridgehead atoms. The fraction of sp³-hybridized carbons (Fsp3) is 0.438. The van der Waals surface area contributed by atoms with Gasteiger partial charge in [0.1, 0.15) is 6.04 Å². The summed E-state index contributed by atoms with van der Waals surface area (Å²) < 4.78 is 0. The zero-order chi connectivity index (χ0) is 28.1. The number of hydrogen-bond donors (Lipinski definition) is 1. The Morgan fingerprint density at radius 1 is 0.925 bits per heavy atom. The summed E-state index contributed by atoms with van der Waals surface area (Å²) in [7, 11) is 0. The molecular weight excluding hydrogens is 526 g/mol. The number of halogens is 1. The van der Waals surface area contributed by atoms with Gasteiger partial charge in [-0.1, -0.05) is 79.1 Å². The molecule has 7 nitrogen and oxygen atoms in total. The molecule has 2 aliphatic carbocycles. The van der Waals surface area contributed by atoms with Crippen molar-refractivity contribution in [2.24, 2.45) is 11.8 Å². The standard InChI is InChI=1S/C32H36ClN3O4/c33-24-12-8-11-23(19-24)21-36(29(37)17-18-35-31(39)26-15-6-7-16-27(26)32(35)40)28(20-22-9-2-1-3-10-22)30(38)34-25-13-4-5-14-25/h1-3,6-12,19,25-28H,4-5,13-18,20-21H2,(H,34,38)/t26-,27+,28?. The Labute approximate surface area is 240 Å². The number of likely N-dealkylation sites (tertiary alicyclic amines) is 1. The molecule has 0 radical (unpaired) electrons. The van der Waals surface area contributed by atoms with Gasteiger partial charge in [-0.15, -0.1) is 0 Å². The normalized spacial score (nSPS) is 21.4. The summed E-state index contributed by atoms with van der Waals surface area (Å²) in [6, 6.07) is 16.3. The van der Waals surface area contributed by atoms with Crippen molar-refractivity contribution in [1.82, 2.24) is 15.1 Å². The molecule has 4 amide bonds. The van der Waals surface area contributed by atoms with E-state index in [2.05, 4.69) is 5.32 Å². The van der Waals surface area contributed by atoms with Gasteiger partial charge < -0.3 is 10.2 Å². The minimum absolute atomic E-state index is 0.0118. The monoisotopic (exact) mass is 561 g/mol. The van der Waals surface area contributed by atoms with E-state index in [-0.39, 0.29) is 61.0 Å². The van der Waals surface area contributed by atoms with Gasteiger partial charge in [-0.05, 0) is 48.9 Å². The van der Waals surface area contributed by atoms with Crippen LogP contribution in [0.3, 0.4) is 0 Å². The molecule has 1 saturated heterocycles. The Bertz CT molecular complexity index is 1250. The van der Waals surface area contributed by atoms with Crippen LogP contribution in [0.25, 0.3) is 0 Å². The number of carbonyl (C=O) groups is 4. The molecule has 210 valence electrons. The molecular formula is C32H36ClN3O4. The van der Waals surface area contributed by atoms with E-state index in [1.165, 1.54) is 4.90 Å². The summed E-state index contributed by atoms with van der Waals surface area (Å²) in [5.74, 6) is -1.54. The molecule has 40 heavy (non-hydrogen) atoms. The molecule has 3 aliphatic rings. The molecule has 2 aromatic rings. The van der Waals surface area contributed by atoms with Crippen molar-refractivity contribution in [2.45, 2.75) is 70.0 Å². The Kier molecular flexibility index (Phi) is 9.00. The van der Waals surface area contributed by atoms with Gasteiger partial charge in [0.2, 0.25) is 23.6 Å². The molecule has 1 aliphatic heterocycles. The van der Waals surface area contributed by atoms with Crippen LogP contribution in [-0.4, -0.2) is 52.1 Å². The van der Waals surface area contributed by atoms with E-state index in [1.807, 2.05) is 54.6 Å². The average Bonchev–Trinajstić information content (AvgIpc) is 3.56. The van der Waals surface area contributed by atoms with E-state index >= 15 is 0 Å². The second-order valence-corrected chi connectivity index (χ2v) is 11.5. The number of carbonyl (C=O) groups excluding carboxylic acids is 4. The number of nitrogens with one attached hydrogen (secondary N) is 1. The molecule has 1 heterocycles. The summed E-state index contributed by atoms with van der Waals surface area (Å²) >= 11 is 6.26. The topological polar surface area (TPSA) is 86.8 Å². The van der Waals surface area contributed by atoms with Crippen LogP contribution in [-0.2, 0) is 32.1 Å². The largest absolute Gasteiger partial charge is 0.352 e. The molecule has 2 fully saturated rings. The van der Waals surface area contributed by atoms with Crippen molar-refractivity contribution in [2.75, 3.05) is 6.54 Å². The summed E-state index contributed by atoms with van der Waals surface area (Å²) in [4.78, 5) is 56.6. The van der Waals surface area contributed by atoms with Crippen LogP contribution in [0.15, 0.2) is 66.7 Å². The number of nitrogens with zero attached hydrogens (tertiary/aromatic N) is 2. The zero-order valence-electron chi connectivity index (χ0n) is 22.6. The minimum atomic E-state index is -0.758. The lowest BCUT2D eigenvalue weighted by atomic mass is 9.85. The highest BCUT2D eigenvalue weighted by Gasteiger charge is 2.47. The van der Waals surface area contributed by atoms with Gasteiger partial charge in [-0.3, -0.25) is 24.1 Å². The number of fused-ring (bicyclic) bond motifs is 1. The molecule has 3 atom stereocenters. The van der Waals surface area contributed by atoms with Gasteiger partial charge in [0.15, 0.2) is 0 Å². The van der Waals surface area contributed by atoms with Crippen LogP contribution >= 0.6 is 11.6 Å². The van der Waals surface area contributed by atoms with E-state index < -0.39 is 6.04 Å². The first-order valence-electron chi connectivity index (χ1n) is 14.3. The van der Waals surface area contributed by atoms with Gasteiger partial charge in [-0.2, -0.15) is 0 Å². The van der Waals surface area contributed by atoms with E-state index in [0.29, 0.717) is 24.3 Å². The molecule has 5 rings (SSSR count). The Hall–Kier alpha value is -3.45. The quantitative estimate of drug-likeness (QED) is 0.337. The summed E-state index contributed by atoms with van der Waals surface area (Å²) in [6.45, 7) is 0.198. The Morgan fingerprint density at radius 3 is 2.23 bits per heavy atom. The second-order valence-electron chi connectivity index (χ2n) is 11.1. The smallest absolute Gasteiger partial charge is 0.243 e. The van der Waals surface area contributed by atoms with Gasteiger partial charge in [0.25, 0.3) is 0 Å². The molecule has 0 spiro atoms. The lowest BCUT2D eigenvalue weighted by Gasteiger charge is -2.33. The van der Waals surface area contributed by atoms with Crippen molar-refractivity contribution in [3.8, 4) is 0 Å². The number of rotatable bonds is 10. The molecule has 1 unspecified atom stereocenters. The predicted molar refractivity (Wildman–Crippen MR) is 153 cm³/mol. The highest BCUT2D eigenvalue weighted by molar-refractivity contribution is 6.30. The molecule has 1 saturated carbocycles. The Morgan fingerprint density at radius 2 is 1.57 bits per heavy atom. The predicted octanol–water partition coefficient (Wildman–Crippen LogP) is 4.68. The van der Waals surface area contributed by atoms with Gasteiger partial charge in [0.05, 0.1) is 11.8 Å². The number of imide groups is 1. The first-order chi connectivity index (χ1) is 19.4. The lowest BCUT2D eigenvalue weighted by molar-refractivity contribution is -0.144. The Balaban J connectivity index is 1.39. The third-order valence-electron chi connectivity index (χ3n) is 8.36. The lowest BCUT2D eigenvalue weighted by Crippen LogP contribution is -2.52. The van der Waals surface area contributed by atoms with Crippen LogP contribution < -0.4 is 5.32 Å². The molecule has 8 heteroatoms. The van der Waals surface area contributed by atoms with Crippen molar-refractivity contribution >= 4 is 35.2 Å². The first kappa shape index (κ1) is 28.1. The number of benzene rings is 2. The van der Waals surface area contributed by atoms with Gasteiger partial charge >= 0.3 is 0 Å². The summed E-state index contributed by atoms with van der Waals surface area (Å²) in [6.07, 6.45) is 9.34. The summed E-state index contributed by atoms with van der Waals surface area (Å²) in [5, 5.41) is 3.74. The van der Waals surface area contributed by atoms with Crippen LogP contribution in [0.5, 0.6) is 0 Å². The number of amides is 4. The highest BCUT2D eigenvalue weighted by atomic mass is 35.5. The van der Waals surface area contributed by atoms with Crippen molar-refractivity contribution in [3.05, 3.63) is 82.9 Å². The van der Waals surface area contributed by atoms with E-state index in [1.54, 1.807) is 17.0 Å². The van der Waals surface area contributed by atoms with Crippen LogP contribution in [0.4, 0.5) is 0 Å². The number of hydrogen-bond acceptors (Lipinski definition) is 4. The maximum absolute atomic E-state index is 13.9. The first-order valence-corrected chi connectivity index (χ1v) is 14.7. The van der Waals surface area contributed by atoms with Crippen LogP contribution in [0.2, 0.25) is 5.02 Å². The minimum Gasteiger partial charge on any atom is -0.352 e.